The maximum absolute atomic E-state index is 11.8. The minimum Gasteiger partial charge on any atom is -0.379 e. The zero-order valence-electron chi connectivity index (χ0n) is 18.4. The van der Waals surface area contributed by atoms with Crippen LogP contribution in [0, 0.1) is 5.92 Å². The topological polar surface area (TPSA) is 84.0 Å². The lowest BCUT2D eigenvalue weighted by molar-refractivity contribution is -0.118. The van der Waals surface area contributed by atoms with Crippen molar-refractivity contribution in [1.82, 2.24) is 10.6 Å². The Labute approximate surface area is 197 Å². The predicted octanol–water partition coefficient (Wildman–Crippen LogP) is 3.54. The smallest absolute Gasteiger partial charge is 0.226 e. The van der Waals surface area contributed by atoms with Gasteiger partial charge in [0.25, 0.3) is 0 Å². The average molecular weight is 532 g/mol. The van der Waals surface area contributed by atoms with E-state index in [1.807, 2.05) is 45.0 Å². The number of hydrogen-bond acceptors (Lipinski definition) is 4. The van der Waals surface area contributed by atoms with Crippen LogP contribution in [-0.4, -0.2) is 50.9 Å². The third kappa shape index (κ3) is 10.6. The molecule has 0 saturated carbocycles. The van der Waals surface area contributed by atoms with Crippen LogP contribution >= 0.6 is 24.0 Å². The quantitative estimate of drug-likeness (QED) is 0.176. The number of amides is 1. The summed E-state index contributed by atoms with van der Waals surface area (Å²) in [5.41, 5.74) is 1.90. The molecule has 2 rings (SSSR count). The summed E-state index contributed by atoms with van der Waals surface area (Å²) in [6, 6.07) is 7.80. The van der Waals surface area contributed by atoms with E-state index >= 15 is 0 Å². The van der Waals surface area contributed by atoms with Gasteiger partial charge >= 0.3 is 0 Å². The van der Waals surface area contributed by atoms with Gasteiger partial charge in [-0.25, -0.2) is 4.99 Å². The second-order valence-corrected chi connectivity index (χ2v) is 7.53. The minimum absolute atomic E-state index is 0. The van der Waals surface area contributed by atoms with Gasteiger partial charge in [-0.2, -0.15) is 0 Å². The number of aliphatic imine (C=N–C) groups is 1. The number of nitrogens with zero attached hydrogens (tertiary/aromatic N) is 1. The lowest BCUT2D eigenvalue weighted by atomic mass is 10.2. The number of guanidine groups is 1. The Balaban J connectivity index is 0.00000450. The Kier molecular flexibility index (Phi) is 13.7. The molecule has 0 aromatic heterocycles. The molecule has 30 heavy (non-hydrogen) atoms. The summed E-state index contributed by atoms with van der Waals surface area (Å²) < 4.78 is 11.2. The first-order chi connectivity index (χ1) is 14.1. The number of anilines is 1. The fourth-order valence-corrected chi connectivity index (χ4v) is 2.86. The lowest BCUT2D eigenvalue weighted by Crippen LogP contribution is -2.38. The van der Waals surface area contributed by atoms with Crippen LogP contribution in [0.4, 0.5) is 5.69 Å². The third-order valence-corrected chi connectivity index (χ3v) is 4.60. The molecule has 1 amide bonds. The highest BCUT2D eigenvalue weighted by Gasteiger charge is 2.14. The monoisotopic (exact) mass is 532 g/mol. The van der Waals surface area contributed by atoms with E-state index in [2.05, 4.69) is 20.9 Å². The molecule has 1 aromatic carbocycles. The third-order valence-electron chi connectivity index (χ3n) is 4.60. The molecule has 1 aliphatic heterocycles. The predicted molar refractivity (Wildman–Crippen MR) is 133 cm³/mol. The molecule has 8 heteroatoms. The molecule has 1 fully saturated rings. The van der Waals surface area contributed by atoms with E-state index in [-0.39, 0.29) is 41.9 Å². The van der Waals surface area contributed by atoms with Crippen molar-refractivity contribution in [2.24, 2.45) is 10.9 Å². The molecule has 7 nitrogen and oxygen atoms in total. The number of benzene rings is 1. The average Bonchev–Trinajstić information content (AvgIpc) is 3.23. The highest BCUT2D eigenvalue weighted by molar-refractivity contribution is 14.0. The van der Waals surface area contributed by atoms with Crippen LogP contribution in [0.2, 0.25) is 0 Å². The molecule has 1 saturated heterocycles. The summed E-state index contributed by atoms with van der Waals surface area (Å²) in [6.45, 7) is 10.3. The van der Waals surface area contributed by atoms with Gasteiger partial charge in [-0.05, 0) is 43.9 Å². The maximum atomic E-state index is 11.8. The first kappa shape index (κ1) is 26.6. The number of hydrogen-bond donors (Lipinski definition) is 3. The van der Waals surface area contributed by atoms with E-state index in [4.69, 9.17) is 9.47 Å². The summed E-state index contributed by atoms with van der Waals surface area (Å²) in [4.78, 5) is 16.4. The van der Waals surface area contributed by atoms with E-state index in [1.165, 1.54) is 0 Å². The van der Waals surface area contributed by atoms with Gasteiger partial charge in [0.15, 0.2) is 5.96 Å². The zero-order valence-corrected chi connectivity index (χ0v) is 20.7. The first-order valence-corrected chi connectivity index (χ1v) is 10.7. The summed E-state index contributed by atoms with van der Waals surface area (Å²) in [7, 11) is 0. The van der Waals surface area contributed by atoms with Crippen LogP contribution in [0.5, 0.6) is 0 Å². The molecule has 170 valence electrons. The van der Waals surface area contributed by atoms with E-state index in [1.54, 1.807) is 0 Å². The van der Waals surface area contributed by atoms with Gasteiger partial charge in [0, 0.05) is 37.9 Å². The van der Waals surface area contributed by atoms with Gasteiger partial charge in [-0.15, -0.1) is 24.0 Å². The molecule has 0 radical (unpaired) electrons. The van der Waals surface area contributed by atoms with Crippen molar-refractivity contribution in [1.29, 1.82) is 0 Å². The van der Waals surface area contributed by atoms with Crippen molar-refractivity contribution >= 4 is 41.5 Å². The van der Waals surface area contributed by atoms with Crippen LogP contribution in [0.25, 0.3) is 0 Å². The van der Waals surface area contributed by atoms with Crippen molar-refractivity contribution in [3.05, 3.63) is 29.8 Å². The molecule has 1 aliphatic rings. The van der Waals surface area contributed by atoms with Crippen LogP contribution in [0.1, 0.15) is 45.6 Å². The van der Waals surface area contributed by atoms with Gasteiger partial charge < -0.3 is 25.4 Å². The van der Waals surface area contributed by atoms with Gasteiger partial charge in [-0.1, -0.05) is 26.0 Å². The van der Waals surface area contributed by atoms with Gasteiger partial charge in [-0.3, -0.25) is 4.79 Å². The van der Waals surface area contributed by atoms with Gasteiger partial charge in [0.05, 0.1) is 19.3 Å². The molecule has 0 spiro atoms. The van der Waals surface area contributed by atoms with Crippen molar-refractivity contribution in [2.75, 3.05) is 38.2 Å². The SMILES string of the molecule is CCNC(=NCc1ccc(NC(=O)C(C)C)cc1)NCCCOCC1CCCO1.I. The van der Waals surface area contributed by atoms with Crippen LogP contribution < -0.4 is 16.0 Å². The number of carbonyl (C=O) groups excluding carboxylic acids is 1. The summed E-state index contributed by atoms with van der Waals surface area (Å²) in [6.07, 6.45) is 3.46. The normalized spacial score (nSPS) is 16.3. The number of carbonyl (C=O) groups is 1. The van der Waals surface area contributed by atoms with E-state index in [9.17, 15) is 4.79 Å². The molecule has 0 aliphatic carbocycles. The molecular weight excluding hydrogens is 495 g/mol. The second-order valence-electron chi connectivity index (χ2n) is 7.53. The minimum atomic E-state index is -0.0329. The first-order valence-electron chi connectivity index (χ1n) is 10.7. The largest absolute Gasteiger partial charge is 0.379 e. The molecule has 1 atom stereocenters. The van der Waals surface area contributed by atoms with Gasteiger partial charge in [0.1, 0.15) is 0 Å². The molecule has 1 aromatic rings. The number of ether oxygens (including phenoxy) is 2. The van der Waals surface area contributed by atoms with E-state index in [0.717, 1.165) is 62.8 Å². The number of rotatable bonds is 11. The molecule has 0 bridgehead atoms. The Morgan fingerprint density at radius 3 is 2.67 bits per heavy atom. The Morgan fingerprint density at radius 2 is 2.03 bits per heavy atom. The maximum Gasteiger partial charge on any atom is 0.226 e. The Bertz CT molecular complexity index is 632. The lowest BCUT2D eigenvalue weighted by Gasteiger charge is -2.13. The standard InChI is InChI=1S/C22H36N4O3.HI/c1-4-23-22(24-12-6-13-28-16-20-7-5-14-29-20)25-15-18-8-10-19(11-9-18)26-21(27)17(2)3;/h8-11,17,20H,4-7,12-16H2,1-3H3,(H,26,27)(H2,23,24,25);1H. The summed E-state index contributed by atoms with van der Waals surface area (Å²) in [5, 5.41) is 9.50. The van der Waals surface area contributed by atoms with Crippen LogP contribution in [0.3, 0.4) is 0 Å². The van der Waals surface area contributed by atoms with Crippen molar-refractivity contribution < 1.29 is 14.3 Å². The van der Waals surface area contributed by atoms with Crippen molar-refractivity contribution in [3.8, 4) is 0 Å². The summed E-state index contributed by atoms with van der Waals surface area (Å²) in [5.74, 6) is 0.785. The molecule has 1 heterocycles. The summed E-state index contributed by atoms with van der Waals surface area (Å²) >= 11 is 0. The highest BCUT2D eigenvalue weighted by Crippen LogP contribution is 2.12. The number of nitrogens with one attached hydrogen (secondary N) is 3. The second kappa shape index (κ2) is 15.4. The molecule has 1 unspecified atom stereocenters. The number of halogens is 1. The highest BCUT2D eigenvalue weighted by atomic mass is 127. The molecule has 3 N–H and O–H groups in total. The van der Waals surface area contributed by atoms with Crippen molar-refractivity contribution in [3.63, 3.8) is 0 Å². The van der Waals surface area contributed by atoms with Crippen molar-refractivity contribution in [2.45, 2.75) is 52.7 Å². The van der Waals surface area contributed by atoms with E-state index < -0.39 is 0 Å². The fraction of sp³-hybridized carbons (Fsp3) is 0.636. The van der Waals surface area contributed by atoms with Crippen LogP contribution in [-0.2, 0) is 20.8 Å². The van der Waals surface area contributed by atoms with Gasteiger partial charge in [0.2, 0.25) is 5.91 Å². The Morgan fingerprint density at radius 1 is 1.27 bits per heavy atom. The van der Waals surface area contributed by atoms with E-state index in [0.29, 0.717) is 13.2 Å². The molecular formula is C22H37IN4O3. The zero-order chi connectivity index (χ0) is 20.9. The Hall–Kier alpha value is -1.39. The van der Waals surface area contributed by atoms with Crippen LogP contribution in [0.15, 0.2) is 29.3 Å². The fourth-order valence-electron chi connectivity index (χ4n) is 2.86.